The highest BCUT2D eigenvalue weighted by Crippen LogP contribution is 2.39. The predicted molar refractivity (Wildman–Crippen MR) is 189 cm³/mol. The summed E-state index contributed by atoms with van der Waals surface area (Å²) in [5.41, 5.74) is 5.91. The van der Waals surface area contributed by atoms with Crippen LogP contribution >= 0.6 is 43.5 Å². The molecule has 2 N–H and O–H groups in total. The second-order valence-electron chi connectivity index (χ2n) is 10.9. The Kier molecular flexibility index (Phi) is 10.4. The molecule has 16 heteroatoms. The van der Waals surface area contributed by atoms with Gasteiger partial charge in [0.25, 0.3) is 0 Å². The summed E-state index contributed by atoms with van der Waals surface area (Å²) in [6.07, 6.45) is 9.31. The largest absolute Gasteiger partial charge is 0.381 e. The van der Waals surface area contributed by atoms with Crippen molar-refractivity contribution in [1.29, 1.82) is 0 Å². The molecular formula is C32H29Br2ClN10O3. The van der Waals surface area contributed by atoms with Crippen molar-refractivity contribution >= 4 is 88.7 Å². The summed E-state index contributed by atoms with van der Waals surface area (Å²) < 4.78 is 10.2. The number of ether oxygens (including phenoxy) is 1. The van der Waals surface area contributed by atoms with Gasteiger partial charge in [-0.15, -0.1) is 0 Å². The Morgan fingerprint density at radius 2 is 1.44 bits per heavy atom. The lowest BCUT2D eigenvalue weighted by Crippen LogP contribution is -2.15. The average Bonchev–Trinajstić information content (AvgIpc) is 3.91. The minimum atomic E-state index is -0.438. The second-order valence-corrected chi connectivity index (χ2v) is 13.1. The van der Waals surface area contributed by atoms with Crippen LogP contribution in [0.3, 0.4) is 0 Å². The van der Waals surface area contributed by atoms with Crippen molar-refractivity contribution in [1.82, 2.24) is 39.5 Å². The first kappa shape index (κ1) is 33.6. The number of anilines is 2. The molecule has 0 radical (unpaired) electrons. The molecule has 0 bridgehead atoms. The van der Waals surface area contributed by atoms with E-state index < -0.39 is 5.92 Å². The van der Waals surface area contributed by atoms with Gasteiger partial charge in [0.2, 0.25) is 11.8 Å². The number of aryl methyl sites for hydroxylation is 2. The fourth-order valence-corrected chi connectivity index (χ4v) is 6.32. The molecule has 9 rings (SSSR count). The summed E-state index contributed by atoms with van der Waals surface area (Å²) in [4.78, 5) is 39.7. The highest BCUT2D eigenvalue weighted by atomic mass is 79.9. The lowest BCUT2D eigenvalue weighted by atomic mass is 9.95. The maximum absolute atomic E-state index is 12.4. The van der Waals surface area contributed by atoms with E-state index >= 15 is 0 Å². The molecule has 4 aromatic heterocycles. The fraction of sp³-hybridized carbons (Fsp3) is 0.250. The number of nitrogens with one attached hydrogen (secondary N) is 2. The molecular weight excluding hydrogens is 768 g/mol. The van der Waals surface area contributed by atoms with Crippen LogP contribution in [-0.2, 0) is 34.8 Å². The summed E-state index contributed by atoms with van der Waals surface area (Å²) >= 11 is 12.6. The van der Waals surface area contributed by atoms with E-state index in [2.05, 4.69) is 72.6 Å². The number of carbonyl (C=O) groups is 2. The van der Waals surface area contributed by atoms with Crippen molar-refractivity contribution < 1.29 is 14.3 Å². The van der Waals surface area contributed by atoms with Gasteiger partial charge in [0.05, 0.1) is 35.3 Å². The average molecular weight is 797 g/mol. The van der Waals surface area contributed by atoms with Crippen LogP contribution in [0, 0.1) is 0 Å². The van der Waals surface area contributed by atoms with Crippen molar-refractivity contribution in [3.63, 3.8) is 0 Å². The van der Waals surface area contributed by atoms with Crippen LogP contribution < -0.4 is 10.6 Å². The maximum atomic E-state index is 12.4. The molecule has 1 atom stereocenters. The van der Waals surface area contributed by atoms with Crippen LogP contribution in [0.15, 0.2) is 70.4 Å². The van der Waals surface area contributed by atoms with Crippen LogP contribution in [0.2, 0.25) is 5.15 Å². The van der Waals surface area contributed by atoms with E-state index in [0.29, 0.717) is 17.3 Å². The van der Waals surface area contributed by atoms with Gasteiger partial charge in [0, 0.05) is 47.6 Å². The van der Waals surface area contributed by atoms with Crippen LogP contribution in [0.5, 0.6) is 0 Å². The van der Waals surface area contributed by atoms with Gasteiger partial charge in [0.15, 0.2) is 11.3 Å². The van der Waals surface area contributed by atoms with E-state index in [1.807, 2.05) is 50.5 Å². The summed E-state index contributed by atoms with van der Waals surface area (Å²) in [6, 6.07) is 11.5. The number of benzene rings is 2. The third kappa shape index (κ3) is 7.38. The molecule has 246 valence electrons. The lowest BCUT2D eigenvalue weighted by Gasteiger charge is -2.09. The molecule has 3 aliphatic rings. The topological polar surface area (TPSA) is 155 Å². The molecule has 6 aromatic rings. The van der Waals surface area contributed by atoms with Gasteiger partial charge in [-0.3, -0.25) is 19.0 Å². The first-order valence-electron chi connectivity index (χ1n) is 14.9. The first-order chi connectivity index (χ1) is 23.2. The molecule has 3 aliphatic heterocycles. The first-order valence-corrected chi connectivity index (χ1v) is 16.8. The Labute approximate surface area is 296 Å². The number of rotatable bonds is 1. The van der Waals surface area contributed by atoms with Gasteiger partial charge in [0.1, 0.15) is 23.7 Å². The number of fused-ring (bicyclic) bond motifs is 4. The Hall–Kier alpha value is -4.31. The smallest absolute Gasteiger partial charge is 0.238 e. The van der Waals surface area contributed by atoms with E-state index in [0.717, 1.165) is 66.7 Å². The normalized spacial score (nSPS) is 15.7. The zero-order chi connectivity index (χ0) is 33.8. The number of halogens is 3. The van der Waals surface area contributed by atoms with Crippen LogP contribution in [-0.4, -0.2) is 64.5 Å². The molecule has 0 spiro atoms. The zero-order valence-electron chi connectivity index (χ0n) is 25.8. The van der Waals surface area contributed by atoms with Gasteiger partial charge >= 0.3 is 0 Å². The van der Waals surface area contributed by atoms with Crippen LogP contribution in [0.1, 0.15) is 35.6 Å². The number of amides is 2. The van der Waals surface area contributed by atoms with E-state index in [-0.39, 0.29) is 11.8 Å². The summed E-state index contributed by atoms with van der Waals surface area (Å²) in [5.74, 6) is -0.433. The number of carbonyl (C=O) groups excluding carboxylic acids is 2. The molecule has 7 heterocycles. The van der Waals surface area contributed by atoms with Gasteiger partial charge in [-0.05, 0) is 60.4 Å². The van der Waals surface area contributed by atoms with Crippen LogP contribution in [0.25, 0.3) is 22.1 Å². The lowest BCUT2D eigenvalue weighted by molar-refractivity contribution is -0.116. The van der Waals surface area contributed by atoms with Crippen molar-refractivity contribution in [2.75, 3.05) is 23.8 Å². The highest BCUT2D eigenvalue weighted by molar-refractivity contribution is 9.10. The third-order valence-corrected chi connectivity index (χ3v) is 8.97. The SMILES string of the molecule is C1CCOC1.Cn1ncc2c(C3C(=O)Nc4ccc(Br)cc43)ncnc21.Cn1ncc2c(Cl)ncnc21.O=C1Cc2cc(Br)ccc2N1. The summed E-state index contributed by atoms with van der Waals surface area (Å²) in [5, 5.41) is 15.9. The molecule has 48 heavy (non-hydrogen) atoms. The minimum Gasteiger partial charge on any atom is -0.381 e. The minimum absolute atomic E-state index is 0.0769. The monoisotopic (exact) mass is 794 g/mol. The van der Waals surface area contributed by atoms with Gasteiger partial charge < -0.3 is 15.4 Å². The highest BCUT2D eigenvalue weighted by Gasteiger charge is 2.34. The Morgan fingerprint density at radius 3 is 2.10 bits per heavy atom. The molecule has 1 saturated heterocycles. The molecule has 1 fully saturated rings. The zero-order valence-corrected chi connectivity index (χ0v) is 29.8. The van der Waals surface area contributed by atoms with Crippen molar-refractivity contribution in [2.24, 2.45) is 14.1 Å². The predicted octanol–water partition coefficient (Wildman–Crippen LogP) is 5.97. The number of nitrogens with zero attached hydrogens (tertiary/aromatic N) is 8. The Bertz CT molecular complexity index is 2130. The van der Waals surface area contributed by atoms with Crippen molar-refractivity contribution in [2.45, 2.75) is 25.2 Å². The van der Waals surface area contributed by atoms with Gasteiger partial charge in [-0.2, -0.15) is 10.2 Å². The molecule has 2 amide bonds. The van der Waals surface area contributed by atoms with Gasteiger partial charge in [-0.25, -0.2) is 19.9 Å². The molecule has 0 aliphatic carbocycles. The molecule has 13 nitrogen and oxygen atoms in total. The van der Waals surface area contributed by atoms with Gasteiger partial charge in [-0.1, -0.05) is 43.5 Å². The van der Waals surface area contributed by atoms with E-state index in [1.165, 1.54) is 25.5 Å². The number of aromatic nitrogens is 8. The van der Waals surface area contributed by atoms with E-state index in [1.54, 1.807) is 21.8 Å². The fourth-order valence-electron chi connectivity index (χ4n) is 5.36. The standard InChI is InChI=1S/C14H10BrN5O.C8H6BrNO.C6H5ClN4.C4H8O/c1-20-13-9(5-18-20)12(16-6-17-13)11-8-4-7(15)2-3-10(8)19-14(11)21;9-6-1-2-7-5(3-6)4-8(11)10-7;1-11-6-4(2-10-11)5(7)8-3-9-6;1-2-4-5-3-1/h2-6,11H,1H3,(H,19,21);1-3H,4H2,(H,10,11);2-3H,1H3;1-4H2. The second kappa shape index (κ2) is 14.8. The van der Waals surface area contributed by atoms with Crippen LogP contribution in [0.4, 0.5) is 11.4 Å². The number of hydrogen-bond donors (Lipinski definition) is 2. The van der Waals surface area contributed by atoms with Crippen molar-refractivity contribution in [3.8, 4) is 0 Å². The quantitative estimate of drug-likeness (QED) is 0.192. The van der Waals surface area contributed by atoms with Crippen molar-refractivity contribution in [3.05, 3.63) is 92.4 Å². The van der Waals surface area contributed by atoms with E-state index in [9.17, 15) is 9.59 Å². The number of hydrogen-bond acceptors (Lipinski definition) is 9. The van der Waals surface area contributed by atoms with E-state index in [4.69, 9.17) is 16.3 Å². The molecule has 1 unspecified atom stereocenters. The molecule has 0 saturated carbocycles. The summed E-state index contributed by atoms with van der Waals surface area (Å²) in [7, 11) is 3.63. The Morgan fingerprint density at radius 1 is 0.812 bits per heavy atom. The Balaban J connectivity index is 0.000000125. The molecule has 2 aromatic carbocycles. The maximum Gasteiger partial charge on any atom is 0.238 e. The summed E-state index contributed by atoms with van der Waals surface area (Å²) in [6.45, 7) is 2.00. The third-order valence-electron chi connectivity index (χ3n) is 7.68.